The molecule has 0 N–H and O–H groups in total. The Hall–Kier alpha value is -2.18. The van der Waals surface area contributed by atoms with Gasteiger partial charge in [0.25, 0.3) is 5.91 Å². The number of imide groups is 1. The van der Waals surface area contributed by atoms with Crippen molar-refractivity contribution in [2.45, 2.75) is 13.0 Å². The Morgan fingerprint density at radius 2 is 1.92 bits per heavy atom. The number of halogens is 2. The van der Waals surface area contributed by atoms with Crippen LogP contribution in [0.4, 0.5) is 5.69 Å². The molecule has 0 saturated carbocycles. The van der Waals surface area contributed by atoms with Crippen LogP contribution in [0.1, 0.15) is 11.1 Å². The lowest BCUT2D eigenvalue weighted by Gasteiger charge is -2.17. The van der Waals surface area contributed by atoms with E-state index in [1.165, 1.54) is 0 Å². The lowest BCUT2D eigenvalue weighted by molar-refractivity contribution is -0.126. The maximum atomic E-state index is 13.0. The van der Waals surface area contributed by atoms with Crippen molar-refractivity contribution in [3.05, 3.63) is 63.1 Å². The fourth-order valence-corrected chi connectivity index (χ4v) is 4.00. The molecule has 2 amide bonds. The van der Waals surface area contributed by atoms with Gasteiger partial charge in [0.2, 0.25) is 12.0 Å². The van der Waals surface area contributed by atoms with Gasteiger partial charge in [-0.2, -0.15) is 0 Å². The second-order valence-electron chi connectivity index (χ2n) is 5.93. The molecule has 4 rings (SSSR count). The number of fused-ring (bicyclic) bond motifs is 1. The molecule has 0 bridgehead atoms. The lowest BCUT2D eigenvalue weighted by Crippen LogP contribution is -2.33. The van der Waals surface area contributed by atoms with Crippen molar-refractivity contribution in [3.8, 4) is 0 Å². The van der Waals surface area contributed by atoms with Crippen molar-refractivity contribution >= 4 is 50.7 Å². The van der Waals surface area contributed by atoms with Crippen LogP contribution in [-0.4, -0.2) is 23.6 Å². The number of hydrogen-bond acceptors (Lipinski definition) is 4. The number of hydrogen-bond donors (Lipinski definition) is 0. The highest BCUT2D eigenvalue weighted by atomic mass is 79.9. The summed E-state index contributed by atoms with van der Waals surface area (Å²) in [5.41, 5.74) is 2.50. The topological polar surface area (TPSA) is 59.0 Å². The predicted octanol–water partition coefficient (Wildman–Crippen LogP) is 3.70. The van der Waals surface area contributed by atoms with Gasteiger partial charge in [-0.05, 0) is 46.6 Å². The average molecular weight is 420 g/mol. The number of carbonyl (C=O) groups excluding carboxylic acids is 2. The minimum atomic E-state index is -0.952. The zero-order valence-electron chi connectivity index (χ0n) is 13.1. The van der Waals surface area contributed by atoms with E-state index in [-0.39, 0.29) is 5.91 Å². The summed E-state index contributed by atoms with van der Waals surface area (Å²) in [7, 11) is 0. The number of carbonyl (C=O) groups is 2. The smallest absolute Gasteiger partial charge is 0.279 e. The number of rotatable bonds is 2. The SMILES string of the molecule is Cc1ccc(N2C(=O)[C@H]3C(c4ccccc4Cl)=NO[C@H]3C2=O)c(Br)c1. The number of benzene rings is 2. The summed E-state index contributed by atoms with van der Waals surface area (Å²) in [5.74, 6) is -1.58. The van der Waals surface area contributed by atoms with Gasteiger partial charge in [0, 0.05) is 15.1 Å². The first kappa shape index (κ1) is 16.3. The van der Waals surface area contributed by atoms with Crippen molar-refractivity contribution in [2.75, 3.05) is 4.90 Å². The van der Waals surface area contributed by atoms with Gasteiger partial charge in [-0.25, -0.2) is 4.90 Å². The molecule has 1 fully saturated rings. The zero-order chi connectivity index (χ0) is 17.7. The van der Waals surface area contributed by atoms with Gasteiger partial charge in [0.1, 0.15) is 11.6 Å². The molecule has 2 aliphatic heterocycles. The highest BCUT2D eigenvalue weighted by Gasteiger charge is 2.56. The Kier molecular flexibility index (Phi) is 3.89. The summed E-state index contributed by atoms with van der Waals surface area (Å²) in [6, 6.07) is 12.5. The molecule has 0 radical (unpaired) electrons. The molecular formula is C18H12BrClN2O3. The van der Waals surface area contributed by atoms with Crippen LogP contribution in [0.5, 0.6) is 0 Å². The molecular weight excluding hydrogens is 408 g/mol. The van der Waals surface area contributed by atoms with Gasteiger partial charge in [-0.15, -0.1) is 0 Å². The second-order valence-corrected chi connectivity index (χ2v) is 7.19. The third kappa shape index (κ3) is 2.48. The lowest BCUT2D eigenvalue weighted by atomic mass is 9.94. The summed E-state index contributed by atoms with van der Waals surface area (Å²) in [6.07, 6.45) is -0.952. The van der Waals surface area contributed by atoms with Gasteiger partial charge >= 0.3 is 0 Å². The number of amides is 2. The molecule has 1 saturated heterocycles. The Morgan fingerprint density at radius 1 is 1.16 bits per heavy atom. The molecule has 0 unspecified atom stereocenters. The quantitative estimate of drug-likeness (QED) is 0.697. The summed E-state index contributed by atoms with van der Waals surface area (Å²) >= 11 is 9.65. The molecule has 2 aliphatic rings. The first-order valence-corrected chi connectivity index (χ1v) is 8.78. The van der Waals surface area contributed by atoms with E-state index in [2.05, 4.69) is 21.1 Å². The van der Waals surface area contributed by atoms with E-state index in [0.29, 0.717) is 26.5 Å². The maximum Gasteiger partial charge on any atom is 0.279 e. The molecule has 2 atom stereocenters. The number of oxime groups is 1. The Morgan fingerprint density at radius 3 is 2.64 bits per heavy atom. The van der Waals surface area contributed by atoms with Gasteiger partial charge in [0.05, 0.1) is 5.69 Å². The van der Waals surface area contributed by atoms with Crippen LogP contribution in [0.2, 0.25) is 5.02 Å². The first-order valence-electron chi connectivity index (χ1n) is 7.61. The minimum absolute atomic E-state index is 0.365. The first-order chi connectivity index (χ1) is 12.0. The van der Waals surface area contributed by atoms with Crippen LogP contribution in [0, 0.1) is 12.8 Å². The summed E-state index contributed by atoms with van der Waals surface area (Å²) in [5, 5.41) is 4.43. The molecule has 25 heavy (non-hydrogen) atoms. The van der Waals surface area contributed by atoms with Crippen molar-refractivity contribution < 1.29 is 14.4 Å². The third-order valence-electron chi connectivity index (χ3n) is 4.31. The largest absolute Gasteiger partial charge is 0.381 e. The van der Waals surface area contributed by atoms with E-state index in [4.69, 9.17) is 16.4 Å². The van der Waals surface area contributed by atoms with E-state index in [1.54, 1.807) is 30.3 Å². The van der Waals surface area contributed by atoms with Gasteiger partial charge in [0.15, 0.2) is 0 Å². The van der Waals surface area contributed by atoms with Crippen molar-refractivity contribution in [1.82, 2.24) is 0 Å². The summed E-state index contributed by atoms with van der Waals surface area (Å²) in [4.78, 5) is 32.2. The predicted molar refractivity (Wildman–Crippen MR) is 97.7 cm³/mol. The molecule has 5 nitrogen and oxygen atoms in total. The standard InChI is InChI=1S/C18H12BrClN2O3/c1-9-6-7-13(11(19)8-9)22-17(23)14-15(21-25-16(14)18(22)24)10-4-2-3-5-12(10)20/h2-8,14,16H,1H3/t14-,16+/m0/s1. The molecule has 7 heteroatoms. The molecule has 2 heterocycles. The monoisotopic (exact) mass is 418 g/mol. The minimum Gasteiger partial charge on any atom is -0.381 e. The van der Waals surface area contributed by atoms with Crippen LogP contribution in [0.3, 0.4) is 0 Å². The van der Waals surface area contributed by atoms with Crippen molar-refractivity contribution in [3.63, 3.8) is 0 Å². The van der Waals surface area contributed by atoms with Gasteiger partial charge < -0.3 is 4.84 Å². The molecule has 126 valence electrons. The molecule has 2 aromatic carbocycles. The van der Waals surface area contributed by atoms with E-state index in [0.717, 1.165) is 10.5 Å². The molecule has 0 aliphatic carbocycles. The molecule has 0 aromatic heterocycles. The molecule has 0 spiro atoms. The van der Waals surface area contributed by atoms with Crippen LogP contribution >= 0.6 is 27.5 Å². The second kappa shape index (κ2) is 5.97. The number of aryl methyl sites for hydroxylation is 1. The van der Waals surface area contributed by atoms with E-state index >= 15 is 0 Å². The Balaban J connectivity index is 1.75. The maximum absolute atomic E-state index is 13.0. The van der Waals surface area contributed by atoms with Gasteiger partial charge in [-0.3, -0.25) is 9.59 Å². The van der Waals surface area contributed by atoms with Crippen LogP contribution in [-0.2, 0) is 14.4 Å². The highest BCUT2D eigenvalue weighted by Crippen LogP contribution is 2.38. The Bertz CT molecular complexity index is 944. The normalized spacial score (nSPS) is 22.0. The van der Waals surface area contributed by atoms with Crippen molar-refractivity contribution in [1.29, 1.82) is 0 Å². The van der Waals surface area contributed by atoms with Crippen molar-refractivity contribution in [2.24, 2.45) is 11.1 Å². The van der Waals surface area contributed by atoms with E-state index in [9.17, 15) is 9.59 Å². The highest BCUT2D eigenvalue weighted by molar-refractivity contribution is 9.10. The Labute approximate surface area is 157 Å². The summed E-state index contributed by atoms with van der Waals surface area (Å²) < 4.78 is 0.672. The molecule has 2 aromatic rings. The summed E-state index contributed by atoms with van der Waals surface area (Å²) in [6.45, 7) is 1.93. The van der Waals surface area contributed by atoms with Crippen LogP contribution in [0.25, 0.3) is 0 Å². The zero-order valence-corrected chi connectivity index (χ0v) is 15.4. The average Bonchev–Trinajstić information content (AvgIpc) is 3.10. The van der Waals surface area contributed by atoms with E-state index in [1.807, 2.05) is 19.1 Å². The van der Waals surface area contributed by atoms with Crippen LogP contribution < -0.4 is 4.90 Å². The van der Waals surface area contributed by atoms with Crippen LogP contribution in [0.15, 0.2) is 52.1 Å². The number of nitrogens with zero attached hydrogens (tertiary/aromatic N) is 2. The third-order valence-corrected chi connectivity index (χ3v) is 5.27. The fourth-order valence-electron chi connectivity index (χ4n) is 3.10. The number of anilines is 1. The van der Waals surface area contributed by atoms with Gasteiger partial charge in [-0.1, -0.05) is 41.0 Å². The fraction of sp³-hybridized carbons (Fsp3) is 0.167. The van der Waals surface area contributed by atoms with E-state index < -0.39 is 17.9 Å².